The second-order valence-electron chi connectivity index (χ2n) is 6.85. The lowest BCUT2D eigenvalue weighted by Gasteiger charge is -2.25. The first-order valence-corrected chi connectivity index (χ1v) is 9.24. The Balaban J connectivity index is 1.64. The number of amides is 1. The SMILES string of the molecule is Cn1ccc2c(Nc3cccc(Cl)c3)ncc(C(=O)NCC3CCC3)c21. The first kappa shape index (κ1) is 16.9. The van der Waals surface area contributed by atoms with Crippen LogP contribution >= 0.6 is 11.6 Å². The molecule has 0 saturated heterocycles. The molecule has 2 aromatic heterocycles. The van der Waals surface area contributed by atoms with E-state index < -0.39 is 0 Å². The van der Waals surface area contributed by atoms with Crippen LogP contribution in [0.15, 0.2) is 42.7 Å². The van der Waals surface area contributed by atoms with Gasteiger partial charge in [-0.1, -0.05) is 24.1 Å². The Hall–Kier alpha value is -2.53. The number of aromatic nitrogens is 2. The molecule has 5 nitrogen and oxygen atoms in total. The summed E-state index contributed by atoms with van der Waals surface area (Å²) in [6.07, 6.45) is 7.28. The van der Waals surface area contributed by atoms with Crippen LogP contribution in [0.4, 0.5) is 11.5 Å². The summed E-state index contributed by atoms with van der Waals surface area (Å²) < 4.78 is 1.96. The molecule has 1 aromatic carbocycles. The Labute approximate surface area is 157 Å². The second-order valence-corrected chi connectivity index (χ2v) is 7.29. The molecular weight excluding hydrogens is 348 g/mol. The lowest BCUT2D eigenvalue weighted by molar-refractivity contribution is 0.0940. The highest BCUT2D eigenvalue weighted by Crippen LogP contribution is 2.29. The summed E-state index contributed by atoms with van der Waals surface area (Å²) >= 11 is 6.06. The Morgan fingerprint density at radius 2 is 2.19 bits per heavy atom. The molecule has 1 aliphatic rings. The maximum Gasteiger partial charge on any atom is 0.255 e. The van der Waals surface area contributed by atoms with Gasteiger partial charge >= 0.3 is 0 Å². The fraction of sp³-hybridized carbons (Fsp3) is 0.300. The summed E-state index contributed by atoms with van der Waals surface area (Å²) in [7, 11) is 1.94. The second kappa shape index (κ2) is 7.00. The van der Waals surface area contributed by atoms with Crippen molar-refractivity contribution < 1.29 is 4.79 Å². The number of benzene rings is 1. The number of rotatable bonds is 5. The number of fused-ring (bicyclic) bond motifs is 1. The molecule has 26 heavy (non-hydrogen) atoms. The van der Waals surface area contributed by atoms with Crippen LogP contribution in [0, 0.1) is 5.92 Å². The largest absolute Gasteiger partial charge is 0.352 e. The normalized spacial score (nSPS) is 14.2. The van der Waals surface area contributed by atoms with Crippen molar-refractivity contribution in [1.29, 1.82) is 0 Å². The summed E-state index contributed by atoms with van der Waals surface area (Å²) in [4.78, 5) is 17.2. The smallest absolute Gasteiger partial charge is 0.255 e. The highest BCUT2D eigenvalue weighted by molar-refractivity contribution is 6.30. The molecule has 0 radical (unpaired) electrons. The standard InChI is InChI=1S/C20H21ClN4O/c1-25-9-8-16-18(25)17(20(26)23-11-13-4-2-5-13)12-22-19(16)24-15-7-3-6-14(21)10-15/h3,6-10,12-13H,2,4-5,11H2,1H3,(H,22,24)(H,23,26). The van der Waals surface area contributed by atoms with Gasteiger partial charge in [-0.05, 0) is 43.0 Å². The van der Waals surface area contributed by atoms with Crippen molar-refractivity contribution in [3.8, 4) is 0 Å². The van der Waals surface area contributed by atoms with Crippen LogP contribution in [-0.4, -0.2) is 22.0 Å². The average molecular weight is 369 g/mol. The van der Waals surface area contributed by atoms with E-state index in [2.05, 4.69) is 15.6 Å². The summed E-state index contributed by atoms with van der Waals surface area (Å²) in [5, 5.41) is 7.92. The molecule has 0 spiro atoms. The van der Waals surface area contributed by atoms with E-state index in [1.807, 2.05) is 48.1 Å². The molecule has 1 fully saturated rings. The van der Waals surface area contributed by atoms with Gasteiger partial charge in [-0.25, -0.2) is 4.98 Å². The predicted octanol–water partition coefficient (Wildman–Crippen LogP) is 4.50. The number of pyridine rings is 1. The van der Waals surface area contributed by atoms with Gasteiger partial charge in [0.2, 0.25) is 0 Å². The Kier molecular flexibility index (Phi) is 4.55. The minimum atomic E-state index is -0.0643. The van der Waals surface area contributed by atoms with Crippen LogP contribution in [0.5, 0.6) is 0 Å². The third-order valence-corrected chi connectivity index (χ3v) is 5.25. The van der Waals surface area contributed by atoms with Gasteiger partial charge in [0.15, 0.2) is 0 Å². The predicted molar refractivity (Wildman–Crippen MR) is 105 cm³/mol. The molecule has 2 N–H and O–H groups in total. The minimum absolute atomic E-state index is 0.0643. The zero-order valence-electron chi connectivity index (χ0n) is 14.6. The number of carbonyl (C=O) groups is 1. The van der Waals surface area contributed by atoms with Crippen molar-refractivity contribution in [2.24, 2.45) is 13.0 Å². The van der Waals surface area contributed by atoms with Gasteiger partial charge in [0.25, 0.3) is 5.91 Å². The quantitative estimate of drug-likeness (QED) is 0.697. The van der Waals surface area contributed by atoms with Crippen molar-refractivity contribution in [3.05, 3.63) is 53.3 Å². The average Bonchev–Trinajstić information content (AvgIpc) is 2.96. The topological polar surface area (TPSA) is 59.0 Å². The number of halogens is 1. The molecule has 134 valence electrons. The fourth-order valence-electron chi connectivity index (χ4n) is 3.31. The molecule has 1 amide bonds. The summed E-state index contributed by atoms with van der Waals surface area (Å²) in [6.45, 7) is 0.743. The van der Waals surface area contributed by atoms with Gasteiger partial charge in [-0.3, -0.25) is 4.79 Å². The van der Waals surface area contributed by atoms with Gasteiger partial charge < -0.3 is 15.2 Å². The van der Waals surface area contributed by atoms with Crippen molar-refractivity contribution in [2.45, 2.75) is 19.3 Å². The lowest BCUT2D eigenvalue weighted by Crippen LogP contribution is -2.32. The van der Waals surface area contributed by atoms with Gasteiger partial charge in [-0.15, -0.1) is 0 Å². The number of hydrogen-bond donors (Lipinski definition) is 2. The number of anilines is 2. The Morgan fingerprint density at radius 1 is 1.35 bits per heavy atom. The van der Waals surface area contributed by atoms with Crippen LogP contribution in [0.1, 0.15) is 29.6 Å². The Morgan fingerprint density at radius 3 is 2.92 bits per heavy atom. The van der Waals surface area contributed by atoms with Gasteiger partial charge in [0.1, 0.15) is 5.82 Å². The Bertz CT molecular complexity index is 962. The van der Waals surface area contributed by atoms with Gasteiger partial charge in [0.05, 0.1) is 11.1 Å². The van der Waals surface area contributed by atoms with Crippen LogP contribution < -0.4 is 10.6 Å². The lowest BCUT2D eigenvalue weighted by atomic mass is 9.85. The van der Waals surface area contributed by atoms with Crippen molar-refractivity contribution in [2.75, 3.05) is 11.9 Å². The molecule has 0 bridgehead atoms. The maximum atomic E-state index is 12.7. The first-order chi connectivity index (χ1) is 12.6. The van der Waals surface area contributed by atoms with Gasteiger partial charge in [-0.2, -0.15) is 0 Å². The van der Waals surface area contributed by atoms with E-state index in [9.17, 15) is 4.79 Å². The van der Waals surface area contributed by atoms with E-state index in [0.29, 0.717) is 22.3 Å². The molecule has 4 rings (SSSR count). The highest BCUT2D eigenvalue weighted by atomic mass is 35.5. The van der Waals surface area contributed by atoms with Crippen LogP contribution in [0.2, 0.25) is 5.02 Å². The third-order valence-electron chi connectivity index (χ3n) is 5.01. The molecule has 1 aliphatic carbocycles. The molecule has 0 unspecified atom stereocenters. The zero-order chi connectivity index (χ0) is 18.1. The van der Waals surface area contributed by atoms with E-state index in [4.69, 9.17) is 11.6 Å². The van der Waals surface area contributed by atoms with Crippen LogP contribution in [-0.2, 0) is 7.05 Å². The molecule has 1 saturated carbocycles. The van der Waals surface area contributed by atoms with Crippen LogP contribution in [0.25, 0.3) is 10.9 Å². The number of nitrogens with one attached hydrogen (secondary N) is 2. The molecule has 2 heterocycles. The van der Waals surface area contributed by atoms with Gasteiger partial charge in [0, 0.05) is 42.1 Å². The number of carbonyl (C=O) groups excluding carboxylic acids is 1. The summed E-state index contributed by atoms with van der Waals surface area (Å²) in [5.74, 6) is 1.27. The van der Waals surface area contributed by atoms with E-state index in [1.165, 1.54) is 19.3 Å². The molecular formula is C20H21ClN4O. The maximum absolute atomic E-state index is 12.7. The zero-order valence-corrected chi connectivity index (χ0v) is 15.4. The van der Waals surface area contributed by atoms with E-state index >= 15 is 0 Å². The third kappa shape index (κ3) is 3.27. The number of nitrogens with zero attached hydrogens (tertiary/aromatic N) is 2. The molecule has 0 aliphatic heterocycles. The first-order valence-electron chi connectivity index (χ1n) is 8.86. The van der Waals surface area contributed by atoms with E-state index in [1.54, 1.807) is 6.20 Å². The minimum Gasteiger partial charge on any atom is -0.352 e. The fourth-order valence-corrected chi connectivity index (χ4v) is 3.50. The molecule has 6 heteroatoms. The van der Waals surface area contributed by atoms with Crippen molar-refractivity contribution in [1.82, 2.24) is 14.9 Å². The highest BCUT2D eigenvalue weighted by Gasteiger charge is 2.20. The summed E-state index contributed by atoms with van der Waals surface area (Å²) in [6, 6.07) is 9.46. The van der Waals surface area contributed by atoms with E-state index in [0.717, 1.165) is 23.1 Å². The van der Waals surface area contributed by atoms with Crippen molar-refractivity contribution >= 4 is 39.9 Å². The molecule has 0 atom stereocenters. The number of hydrogen-bond acceptors (Lipinski definition) is 3. The van der Waals surface area contributed by atoms with E-state index in [-0.39, 0.29) is 5.91 Å². The summed E-state index contributed by atoms with van der Waals surface area (Å²) in [5.41, 5.74) is 2.33. The van der Waals surface area contributed by atoms with Crippen molar-refractivity contribution in [3.63, 3.8) is 0 Å². The van der Waals surface area contributed by atoms with Crippen LogP contribution in [0.3, 0.4) is 0 Å². The molecule has 3 aromatic rings. The number of aryl methyl sites for hydroxylation is 1. The monoisotopic (exact) mass is 368 g/mol.